The van der Waals surface area contributed by atoms with Gasteiger partial charge in [0, 0.05) is 23.8 Å². The third-order valence-electron chi connectivity index (χ3n) is 4.01. The zero-order chi connectivity index (χ0) is 20.4. The summed E-state index contributed by atoms with van der Waals surface area (Å²) in [5.41, 5.74) is 2.14. The maximum Gasteiger partial charge on any atom is 0.270 e. The van der Waals surface area contributed by atoms with Crippen LogP contribution in [-0.4, -0.2) is 14.9 Å². The number of aromatic amines is 1. The molecule has 2 aromatic heterocycles. The molecule has 0 aliphatic rings. The second-order valence-electron chi connectivity index (χ2n) is 5.90. The summed E-state index contributed by atoms with van der Waals surface area (Å²) >= 11 is 7.34. The van der Waals surface area contributed by atoms with Crippen molar-refractivity contribution >= 4 is 46.2 Å². The van der Waals surface area contributed by atoms with Crippen molar-refractivity contribution in [1.29, 1.82) is 5.26 Å². The maximum atomic E-state index is 10.8. The number of allylic oxidation sites excluding steroid dienone is 1. The molecule has 0 saturated heterocycles. The van der Waals surface area contributed by atoms with Gasteiger partial charge in [0.15, 0.2) is 5.16 Å². The normalized spacial score (nSPS) is 11.5. The van der Waals surface area contributed by atoms with Crippen LogP contribution in [0.1, 0.15) is 5.76 Å². The van der Waals surface area contributed by atoms with Crippen molar-refractivity contribution in [1.82, 2.24) is 9.97 Å². The number of nitro groups is 1. The molecule has 0 unspecified atom stereocenters. The highest BCUT2D eigenvalue weighted by atomic mass is 35.5. The molecule has 0 fully saturated rings. The molecule has 1 N–H and O–H groups in total. The van der Waals surface area contributed by atoms with E-state index in [4.69, 9.17) is 16.0 Å². The predicted molar refractivity (Wildman–Crippen MR) is 111 cm³/mol. The number of H-pyrrole nitrogens is 1. The fourth-order valence-electron chi connectivity index (χ4n) is 2.69. The van der Waals surface area contributed by atoms with Crippen molar-refractivity contribution in [3.8, 4) is 17.4 Å². The number of benzene rings is 2. The van der Waals surface area contributed by atoms with Crippen LogP contribution in [-0.2, 0) is 0 Å². The monoisotopic (exact) mass is 422 g/mol. The Morgan fingerprint density at radius 1 is 1.28 bits per heavy atom. The van der Waals surface area contributed by atoms with Crippen LogP contribution in [0.25, 0.3) is 28.4 Å². The van der Waals surface area contributed by atoms with Crippen molar-refractivity contribution in [3.05, 3.63) is 80.4 Å². The molecule has 0 aliphatic carbocycles. The Bertz CT molecular complexity index is 1270. The summed E-state index contributed by atoms with van der Waals surface area (Å²) in [4.78, 5) is 18.3. The zero-order valence-corrected chi connectivity index (χ0v) is 16.2. The lowest BCUT2D eigenvalue weighted by Crippen LogP contribution is -1.88. The third-order valence-corrected chi connectivity index (χ3v) is 5.14. The highest BCUT2D eigenvalue weighted by Crippen LogP contribution is 2.34. The molecular weight excluding hydrogens is 412 g/mol. The molecule has 4 aromatic rings. The van der Waals surface area contributed by atoms with E-state index in [2.05, 4.69) is 16.0 Å². The first-order valence-corrected chi connectivity index (χ1v) is 9.51. The number of nitrogens with one attached hydrogen (secondary N) is 1. The molecule has 0 saturated carbocycles. The lowest BCUT2D eigenvalue weighted by atomic mass is 10.1. The van der Waals surface area contributed by atoms with Crippen LogP contribution >= 0.6 is 23.4 Å². The van der Waals surface area contributed by atoms with Gasteiger partial charge >= 0.3 is 0 Å². The number of non-ortho nitro benzene ring substituents is 1. The van der Waals surface area contributed by atoms with Gasteiger partial charge in [-0.3, -0.25) is 10.1 Å². The Hall–Kier alpha value is -3.54. The van der Waals surface area contributed by atoms with Crippen LogP contribution in [0.3, 0.4) is 0 Å². The van der Waals surface area contributed by atoms with Crippen molar-refractivity contribution in [2.24, 2.45) is 0 Å². The summed E-state index contributed by atoms with van der Waals surface area (Å²) in [6.45, 7) is 0. The molecule has 7 nitrogen and oxygen atoms in total. The molecule has 4 rings (SSSR count). The Morgan fingerprint density at radius 3 is 2.83 bits per heavy atom. The van der Waals surface area contributed by atoms with E-state index >= 15 is 0 Å². The first-order chi connectivity index (χ1) is 14.0. The highest BCUT2D eigenvalue weighted by molar-refractivity contribution is 8.03. The second-order valence-corrected chi connectivity index (χ2v) is 7.34. The van der Waals surface area contributed by atoms with Gasteiger partial charge in [-0.1, -0.05) is 23.7 Å². The number of nitro benzene ring substituents is 1. The SMILES string of the molecule is N#C/C(=C\c1ccc(-c2ccc([N+](=O)[O-])cc2Cl)o1)Sc1nc2ccccc2[nH]1. The lowest BCUT2D eigenvalue weighted by molar-refractivity contribution is -0.384. The number of nitriles is 1. The van der Waals surface area contributed by atoms with E-state index in [1.165, 1.54) is 30.0 Å². The number of furan rings is 1. The van der Waals surface area contributed by atoms with Crippen LogP contribution in [0, 0.1) is 21.4 Å². The van der Waals surface area contributed by atoms with Gasteiger partial charge in [0.2, 0.25) is 0 Å². The second kappa shape index (κ2) is 7.83. The molecule has 0 atom stereocenters. The summed E-state index contributed by atoms with van der Waals surface area (Å²) in [5.74, 6) is 0.900. The average Bonchev–Trinajstić information content (AvgIpc) is 3.33. The summed E-state index contributed by atoms with van der Waals surface area (Å²) in [5, 5.41) is 21.1. The van der Waals surface area contributed by atoms with E-state index < -0.39 is 4.92 Å². The molecule has 2 heterocycles. The van der Waals surface area contributed by atoms with Crippen molar-refractivity contribution in [2.75, 3.05) is 0 Å². The van der Waals surface area contributed by atoms with Gasteiger partial charge in [-0.15, -0.1) is 0 Å². The number of hydrogen-bond donors (Lipinski definition) is 1. The minimum atomic E-state index is -0.513. The zero-order valence-electron chi connectivity index (χ0n) is 14.6. The number of rotatable bonds is 5. The van der Waals surface area contributed by atoms with E-state index in [1.54, 1.807) is 18.2 Å². The van der Waals surface area contributed by atoms with Crippen LogP contribution in [0.4, 0.5) is 5.69 Å². The van der Waals surface area contributed by atoms with Crippen molar-refractivity contribution in [3.63, 3.8) is 0 Å². The van der Waals surface area contributed by atoms with Crippen molar-refractivity contribution < 1.29 is 9.34 Å². The van der Waals surface area contributed by atoms with Gasteiger partial charge in [0.1, 0.15) is 17.6 Å². The minimum absolute atomic E-state index is 0.0978. The van der Waals surface area contributed by atoms with Crippen LogP contribution in [0.5, 0.6) is 0 Å². The first-order valence-electron chi connectivity index (χ1n) is 8.32. The quantitative estimate of drug-likeness (QED) is 0.182. The first kappa shape index (κ1) is 18.8. The van der Waals surface area contributed by atoms with E-state index in [1.807, 2.05) is 24.3 Å². The standard InChI is InChI=1S/C20H11ClN4O3S/c21-16-9-12(25(26)27)5-7-15(16)19-8-6-13(28-19)10-14(11-22)29-20-23-17-3-1-2-4-18(17)24-20/h1-10H,(H,23,24)/b14-10+. The molecule has 0 radical (unpaired) electrons. The van der Waals surface area contributed by atoms with Gasteiger partial charge in [-0.25, -0.2) is 4.98 Å². The van der Waals surface area contributed by atoms with Crippen molar-refractivity contribution in [2.45, 2.75) is 5.16 Å². The molecule has 0 aliphatic heterocycles. The van der Waals surface area contributed by atoms with Gasteiger partial charge in [-0.2, -0.15) is 5.26 Å². The van der Waals surface area contributed by atoms with E-state index in [0.29, 0.717) is 27.1 Å². The number of para-hydroxylation sites is 2. The predicted octanol–water partition coefficient (Wildman–Crippen LogP) is 6.04. The molecule has 0 spiro atoms. The summed E-state index contributed by atoms with van der Waals surface area (Å²) in [6, 6.07) is 17.3. The average molecular weight is 423 g/mol. The molecule has 142 valence electrons. The molecular formula is C20H11ClN4O3S. The van der Waals surface area contributed by atoms with Crippen LogP contribution in [0.2, 0.25) is 5.02 Å². The van der Waals surface area contributed by atoms with Crippen LogP contribution < -0.4 is 0 Å². The Labute approximate surface area is 173 Å². The van der Waals surface area contributed by atoms with Gasteiger partial charge < -0.3 is 9.40 Å². The smallest absolute Gasteiger partial charge is 0.270 e. The molecule has 0 amide bonds. The Morgan fingerprint density at radius 2 is 2.10 bits per heavy atom. The molecule has 2 aromatic carbocycles. The lowest BCUT2D eigenvalue weighted by Gasteiger charge is -2.00. The number of fused-ring (bicyclic) bond motifs is 1. The fraction of sp³-hybridized carbons (Fsp3) is 0. The number of thioether (sulfide) groups is 1. The summed E-state index contributed by atoms with van der Waals surface area (Å²) in [6.07, 6.45) is 1.60. The minimum Gasteiger partial charge on any atom is -0.457 e. The topological polar surface area (TPSA) is 109 Å². The number of halogens is 1. The number of nitrogens with zero attached hydrogens (tertiary/aromatic N) is 3. The highest BCUT2D eigenvalue weighted by Gasteiger charge is 2.14. The van der Waals surface area contributed by atoms with E-state index in [9.17, 15) is 15.4 Å². The number of imidazole rings is 1. The van der Waals surface area contributed by atoms with E-state index in [-0.39, 0.29) is 10.7 Å². The fourth-order valence-corrected chi connectivity index (χ4v) is 3.69. The largest absolute Gasteiger partial charge is 0.457 e. The molecule has 9 heteroatoms. The molecule has 0 bridgehead atoms. The van der Waals surface area contributed by atoms with Gasteiger partial charge in [0.25, 0.3) is 5.69 Å². The Kier molecular flexibility index (Phi) is 5.08. The number of aromatic nitrogens is 2. The third kappa shape index (κ3) is 4.01. The Balaban J connectivity index is 1.58. The van der Waals surface area contributed by atoms with Gasteiger partial charge in [-0.05, 0) is 42.1 Å². The maximum absolute atomic E-state index is 10.8. The summed E-state index contributed by atoms with van der Waals surface area (Å²) in [7, 11) is 0. The molecule has 29 heavy (non-hydrogen) atoms. The van der Waals surface area contributed by atoms with Crippen LogP contribution in [0.15, 0.2) is 69.1 Å². The number of hydrogen-bond acceptors (Lipinski definition) is 6. The van der Waals surface area contributed by atoms with E-state index in [0.717, 1.165) is 11.0 Å². The summed E-state index contributed by atoms with van der Waals surface area (Å²) < 4.78 is 5.75. The van der Waals surface area contributed by atoms with Gasteiger partial charge in [0.05, 0.1) is 25.9 Å².